The molecule has 0 aromatic carbocycles. The zero-order chi connectivity index (χ0) is 10.8. The van der Waals surface area contributed by atoms with E-state index in [0.717, 1.165) is 12.5 Å². The van der Waals surface area contributed by atoms with Gasteiger partial charge in [0.25, 0.3) is 0 Å². The van der Waals surface area contributed by atoms with Crippen LogP contribution in [-0.2, 0) is 0 Å². The van der Waals surface area contributed by atoms with Crippen molar-refractivity contribution in [1.82, 2.24) is 4.90 Å². The van der Waals surface area contributed by atoms with Crippen LogP contribution in [0.4, 0.5) is 0 Å². The van der Waals surface area contributed by atoms with E-state index in [4.69, 9.17) is 5.73 Å². The van der Waals surface area contributed by atoms with E-state index in [1.54, 1.807) is 0 Å². The van der Waals surface area contributed by atoms with Crippen LogP contribution in [0.1, 0.15) is 47.0 Å². The lowest BCUT2D eigenvalue weighted by molar-refractivity contribution is 0.0269. The molecule has 1 heterocycles. The molecule has 1 fully saturated rings. The minimum Gasteiger partial charge on any atom is -0.329 e. The van der Waals surface area contributed by atoms with Crippen LogP contribution in [0.2, 0.25) is 0 Å². The van der Waals surface area contributed by atoms with E-state index < -0.39 is 0 Å². The summed E-state index contributed by atoms with van der Waals surface area (Å²) in [4.78, 5) is 2.60. The first-order chi connectivity index (χ1) is 6.51. The maximum Gasteiger partial charge on any atom is 0.0278 e. The molecule has 2 heteroatoms. The van der Waals surface area contributed by atoms with E-state index in [1.165, 1.54) is 25.8 Å². The van der Waals surface area contributed by atoms with Crippen molar-refractivity contribution in [2.75, 3.05) is 13.1 Å². The molecule has 1 saturated heterocycles. The average Bonchev–Trinajstić information content (AvgIpc) is 2.18. The third-order valence-corrected chi connectivity index (χ3v) is 3.83. The Labute approximate surface area is 88.8 Å². The molecule has 84 valence electrons. The zero-order valence-corrected chi connectivity index (χ0v) is 10.2. The third-order valence-electron chi connectivity index (χ3n) is 3.83. The van der Waals surface area contributed by atoms with E-state index in [2.05, 4.69) is 32.6 Å². The molecule has 0 spiro atoms. The van der Waals surface area contributed by atoms with Gasteiger partial charge in [-0.15, -0.1) is 0 Å². The Morgan fingerprint density at radius 2 is 2.00 bits per heavy atom. The van der Waals surface area contributed by atoms with Crippen LogP contribution in [-0.4, -0.2) is 29.6 Å². The summed E-state index contributed by atoms with van der Waals surface area (Å²) in [6.45, 7) is 11.2. The SMILES string of the molecule is CC[C@@H]1CC[C@H](C)N(C(C)(C)CN)C1. The smallest absolute Gasteiger partial charge is 0.0278 e. The predicted molar refractivity (Wildman–Crippen MR) is 62.3 cm³/mol. The number of piperidine rings is 1. The quantitative estimate of drug-likeness (QED) is 0.753. The van der Waals surface area contributed by atoms with Gasteiger partial charge in [-0.3, -0.25) is 4.90 Å². The molecular formula is C12H26N2. The first-order valence-electron chi connectivity index (χ1n) is 5.98. The molecule has 1 rings (SSSR count). The minimum absolute atomic E-state index is 0.174. The van der Waals surface area contributed by atoms with Gasteiger partial charge in [-0.1, -0.05) is 13.3 Å². The van der Waals surface area contributed by atoms with E-state index in [9.17, 15) is 0 Å². The largest absolute Gasteiger partial charge is 0.329 e. The summed E-state index contributed by atoms with van der Waals surface area (Å²) in [6.07, 6.45) is 4.04. The van der Waals surface area contributed by atoms with Crippen molar-refractivity contribution in [1.29, 1.82) is 0 Å². The highest BCUT2D eigenvalue weighted by Crippen LogP contribution is 2.29. The summed E-state index contributed by atoms with van der Waals surface area (Å²) in [6, 6.07) is 0.705. The summed E-state index contributed by atoms with van der Waals surface area (Å²) in [7, 11) is 0. The Morgan fingerprint density at radius 3 is 2.50 bits per heavy atom. The van der Waals surface area contributed by atoms with Crippen LogP contribution >= 0.6 is 0 Å². The second kappa shape index (κ2) is 4.63. The van der Waals surface area contributed by atoms with Crippen LogP contribution in [0.3, 0.4) is 0 Å². The second-order valence-corrected chi connectivity index (χ2v) is 5.37. The second-order valence-electron chi connectivity index (χ2n) is 5.37. The first-order valence-corrected chi connectivity index (χ1v) is 5.98. The van der Waals surface area contributed by atoms with Gasteiger partial charge in [0.15, 0.2) is 0 Å². The van der Waals surface area contributed by atoms with E-state index in [0.29, 0.717) is 6.04 Å². The fraction of sp³-hybridized carbons (Fsp3) is 1.00. The first kappa shape index (κ1) is 12.0. The number of hydrogen-bond donors (Lipinski definition) is 1. The van der Waals surface area contributed by atoms with Crippen molar-refractivity contribution in [3.8, 4) is 0 Å². The van der Waals surface area contributed by atoms with Crippen molar-refractivity contribution >= 4 is 0 Å². The van der Waals surface area contributed by atoms with Crippen molar-refractivity contribution in [3.63, 3.8) is 0 Å². The number of nitrogens with two attached hydrogens (primary N) is 1. The monoisotopic (exact) mass is 198 g/mol. The van der Waals surface area contributed by atoms with Gasteiger partial charge in [-0.2, -0.15) is 0 Å². The van der Waals surface area contributed by atoms with Gasteiger partial charge in [-0.25, -0.2) is 0 Å². The number of nitrogens with zero attached hydrogens (tertiary/aromatic N) is 1. The molecule has 2 atom stereocenters. The summed E-state index contributed by atoms with van der Waals surface area (Å²) in [5, 5.41) is 0. The molecule has 2 nitrogen and oxygen atoms in total. The van der Waals surface area contributed by atoms with Gasteiger partial charge in [0.2, 0.25) is 0 Å². The highest BCUT2D eigenvalue weighted by atomic mass is 15.2. The van der Waals surface area contributed by atoms with Crippen LogP contribution in [0, 0.1) is 5.92 Å². The molecular weight excluding hydrogens is 172 g/mol. The Hall–Kier alpha value is -0.0800. The third kappa shape index (κ3) is 2.48. The lowest BCUT2D eigenvalue weighted by Crippen LogP contribution is -2.56. The normalized spacial score (nSPS) is 30.6. The molecule has 0 saturated carbocycles. The summed E-state index contributed by atoms with van der Waals surface area (Å²) >= 11 is 0. The maximum atomic E-state index is 5.84. The highest BCUT2D eigenvalue weighted by Gasteiger charge is 2.33. The van der Waals surface area contributed by atoms with Crippen molar-refractivity contribution in [3.05, 3.63) is 0 Å². The van der Waals surface area contributed by atoms with Gasteiger partial charge in [0.1, 0.15) is 0 Å². The van der Waals surface area contributed by atoms with E-state index >= 15 is 0 Å². The lowest BCUT2D eigenvalue weighted by atomic mass is 9.87. The molecule has 0 aromatic heterocycles. The topological polar surface area (TPSA) is 29.3 Å². The number of likely N-dealkylation sites (tertiary alicyclic amines) is 1. The van der Waals surface area contributed by atoms with Crippen LogP contribution in [0.15, 0.2) is 0 Å². The number of rotatable bonds is 3. The maximum absolute atomic E-state index is 5.84. The highest BCUT2D eigenvalue weighted by molar-refractivity contribution is 4.90. The summed E-state index contributed by atoms with van der Waals surface area (Å²) < 4.78 is 0. The Bertz CT molecular complexity index is 177. The lowest BCUT2D eigenvalue weighted by Gasteiger charge is -2.47. The molecule has 1 aliphatic rings. The molecule has 14 heavy (non-hydrogen) atoms. The van der Waals surface area contributed by atoms with Crippen LogP contribution in [0.5, 0.6) is 0 Å². The predicted octanol–water partition coefficient (Wildman–Crippen LogP) is 2.23. The minimum atomic E-state index is 0.174. The molecule has 0 amide bonds. The number of hydrogen-bond acceptors (Lipinski definition) is 2. The molecule has 0 radical (unpaired) electrons. The Morgan fingerprint density at radius 1 is 1.36 bits per heavy atom. The van der Waals surface area contributed by atoms with Crippen LogP contribution < -0.4 is 5.73 Å². The molecule has 0 unspecified atom stereocenters. The molecule has 1 aliphatic heterocycles. The Balaban J connectivity index is 2.65. The van der Waals surface area contributed by atoms with E-state index in [1.807, 2.05) is 0 Å². The van der Waals surface area contributed by atoms with E-state index in [-0.39, 0.29) is 5.54 Å². The van der Waals surface area contributed by atoms with Crippen LogP contribution in [0.25, 0.3) is 0 Å². The fourth-order valence-corrected chi connectivity index (χ4v) is 2.48. The molecule has 0 aliphatic carbocycles. The van der Waals surface area contributed by atoms with Gasteiger partial charge >= 0.3 is 0 Å². The summed E-state index contributed by atoms with van der Waals surface area (Å²) in [5.74, 6) is 0.886. The van der Waals surface area contributed by atoms with Crippen molar-refractivity contribution < 1.29 is 0 Å². The van der Waals surface area contributed by atoms with Gasteiger partial charge in [-0.05, 0) is 39.5 Å². The van der Waals surface area contributed by atoms with Crippen molar-refractivity contribution in [2.24, 2.45) is 11.7 Å². The van der Waals surface area contributed by atoms with Crippen molar-refractivity contribution in [2.45, 2.75) is 58.5 Å². The molecule has 0 bridgehead atoms. The average molecular weight is 198 g/mol. The standard InChI is InChI=1S/C12H26N2/c1-5-11-7-6-10(2)14(8-11)12(3,4)9-13/h10-11H,5-9,13H2,1-4H3/t10-,11+/m0/s1. The van der Waals surface area contributed by atoms with Gasteiger partial charge < -0.3 is 5.73 Å². The fourth-order valence-electron chi connectivity index (χ4n) is 2.48. The van der Waals surface area contributed by atoms with Gasteiger partial charge in [0, 0.05) is 24.7 Å². The molecule has 0 aromatic rings. The Kier molecular flexibility index (Phi) is 3.96. The summed E-state index contributed by atoms with van der Waals surface area (Å²) in [5.41, 5.74) is 6.02. The molecule has 2 N–H and O–H groups in total. The van der Waals surface area contributed by atoms with Gasteiger partial charge in [0.05, 0.1) is 0 Å². The zero-order valence-electron chi connectivity index (χ0n) is 10.2.